The monoisotopic (exact) mass is 391 g/mol. The molecule has 29 heavy (non-hydrogen) atoms. The van der Waals surface area contributed by atoms with Gasteiger partial charge >= 0.3 is 6.03 Å². The molecule has 0 saturated heterocycles. The Kier molecular flexibility index (Phi) is 6.67. The van der Waals surface area contributed by atoms with Crippen LogP contribution in [0.4, 0.5) is 21.9 Å². The van der Waals surface area contributed by atoms with Crippen molar-refractivity contribution in [2.24, 2.45) is 0 Å². The smallest absolute Gasteiger partial charge is 0.323 e. The number of carbonyl (C=O) groups excluding carboxylic acids is 2. The third-order valence-corrected chi connectivity index (χ3v) is 3.87. The van der Waals surface area contributed by atoms with Crippen molar-refractivity contribution in [3.8, 4) is 11.5 Å². The molecule has 3 N–H and O–H groups in total. The molecular formula is C22H21N3O4. The molecule has 3 aromatic carbocycles. The predicted molar refractivity (Wildman–Crippen MR) is 113 cm³/mol. The summed E-state index contributed by atoms with van der Waals surface area (Å²) in [5.74, 6) is 0.961. The second-order valence-electron chi connectivity index (χ2n) is 6.04. The molecule has 0 bridgehead atoms. The number of ether oxygens (including phenoxy) is 2. The van der Waals surface area contributed by atoms with Crippen molar-refractivity contribution < 1.29 is 19.1 Å². The first-order valence-electron chi connectivity index (χ1n) is 8.92. The minimum Gasteiger partial charge on any atom is -0.497 e. The number of para-hydroxylation sites is 1. The van der Waals surface area contributed by atoms with Gasteiger partial charge in [-0.05, 0) is 54.6 Å². The van der Waals surface area contributed by atoms with Gasteiger partial charge in [0.2, 0.25) is 0 Å². The van der Waals surface area contributed by atoms with Crippen molar-refractivity contribution in [3.05, 3.63) is 78.9 Å². The maximum absolute atomic E-state index is 12.1. The fourth-order valence-corrected chi connectivity index (χ4v) is 2.51. The van der Waals surface area contributed by atoms with E-state index in [1.807, 2.05) is 18.2 Å². The van der Waals surface area contributed by atoms with Gasteiger partial charge in [0.05, 0.1) is 7.11 Å². The van der Waals surface area contributed by atoms with E-state index in [0.29, 0.717) is 28.6 Å². The van der Waals surface area contributed by atoms with Gasteiger partial charge in [-0.25, -0.2) is 4.79 Å². The second kappa shape index (κ2) is 9.80. The number of benzene rings is 3. The fraction of sp³-hybridized carbons (Fsp3) is 0.0909. The van der Waals surface area contributed by atoms with Crippen LogP contribution in [0.3, 0.4) is 0 Å². The average molecular weight is 391 g/mol. The largest absolute Gasteiger partial charge is 0.497 e. The van der Waals surface area contributed by atoms with E-state index in [2.05, 4.69) is 16.0 Å². The molecule has 0 aliphatic rings. The van der Waals surface area contributed by atoms with Gasteiger partial charge in [-0.2, -0.15) is 0 Å². The van der Waals surface area contributed by atoms with E-state index in [1.165, 1.54) is 0 Å². The molecule has 7 heteroatoms. The van der Waals surface area contributed by atoms with Gasteiger partial charge in [0.25, 0.3) is 5.91 Å². The number of urea groups is 1. The first-order valence-corrected chi connectivity index (χ1v) is 8.92. The Labute approximate surface area is 168 Å². The van der Waals surface area contributed by atoms with Crippen molar-refractivity contribution in [2.45, 2.75) is 0 Å². The molecular weight excluding hydrogens is 370 g/mol. The summed E-state index contributed by atoms with van der Waals surface area (Å²) in [4.78, 5) is 24.2. The Morgan fingerprint density at radius 1 is 0.724 bits per heavy atom. The Morgan fingerprint density at radius 2 is 1.31 bits per heavy atom. The second-order valence-corrected chi connectivity index (χ2v) is 6.04. The van der Waals surface area contributed by atoms with E-state index < -0.39 is 0 Å². The Hall–Kier alpha value is -4.00. The molecule has 3 rings (SSSR count). The van der Waals surface area contributed by atoms with Crippen LogP contribution in [0.25, 0.3) is 0 Å². The number of methoxy groups -OCH3 is 1. The molecule has 0 unspecified atom stereocenters. The predicted octanol–water partition coefficient (Wildman–Crippen LogP) is 4.36. The van der Waals surface area contributed by atoms with Gasteiger partial charge in [-0.15, -0.1) is 0 Å². The molecule has 0 aliphatic heterocycles. The van der Waals surface area contributed by atoms with Crippen LogP contribution in [0, 0.1) is 0 Å². The van der Waals surface area contributed by atoms with Gasteiger partial charge in [-0.1, -0.05) is 24.3 Å². The Bertz CT molecular complexity index is 959. The minimum atomic E-state index is -0.373. The van der Waals surface area contributed by atoms with Crippen LogP contribution < -0.4 is 25.4 Å². The summed E-state index contributed by atoms with van der Waals surface area (Å²) in [5.41, 5.74) is 1.78. The van der Waals surface area contributed by atoms with Gasteiger partial charge in [0, 0.05) is 17.1 Å². The van der Waals surface area contributed by atoms with Crippen molar-refractivity contribution in [1.29, 1.82) is 0 Å². The average Bonchev–Trinajstić information content (AvgIpc) is 2.73. The summed E-state index contributed by atoms with van der Waals surface area (Å²) >= 11 is 0. The Balaban J connectivity index is 1.50. The van der Waals surface area contributed by atoms with Gasteiger partial charge in [-0.3, -0.25) is 4.79 Å². The summed E-state index contributed by atoms with van der Waals surface area (Å²) in [6.45, 7) is -0.140. The summed E-state index contributed by atoms with van der Waals surface area (Å²) in [6, 6.07) is 22.6. The van der Waals surface area contributed by atoms with Gasteiger partial charge in [0.15, 0.2) is 6.61 Å². The molecule has 0 saturated carbocycles. The van der Waals surface area contributed by atoms with Gasteiger partial charge < -0.3 is 25.4 Å². The van der Waals surface area contributed by atoms with E-state index >= 15 is 0 Å². The summed E-state index contributed by atoms with van der Waals surface area (Å²) in [5, 5.41) is 8.20. The molecule has 7 nitrogen and oxygen atoms in total. The molecule has 0 aromatic heterocycles. The van der Waals surface area contributed by atoms with Crippen LogP contribution in [-0.4, -0.2) is 25.7 Å². The first kappa shape index (κ1) is 19.8. The molecule has 0 radical (unpaired) electrons. The summed E-state index contributed by atoms with van der Waals surface area (Å²) in [7, 11) is 1.58. The molecule has 0 fully saturated rings. The number of nitrogens with one attached hydrogen (secondary N) is 3. The van der Waals surface area contributed by atoms with Crippen LogP contribution in [0.2, 0.25) is 0 Å². The Morgan fingerprint density at radius 3 is 2.00 bits per heavy atom. The van der Waals surface area contributed by atoms with E-state index in [-0.39, 0.29) is 18.5 Å². The SMILES string of the molecule is COc1ccc(OCC(=O)Nc2cccc(NC(=O)Nc3ccccc3)c2)cc1. The molecule has 148 valence electrons. The van der Waals surface area contributed by atoms with Gasteiger partial charge in [0.1, 0.15) is 11.5 Å². The molecule has 0 spiro atoms. The molecule has 3 aromatic rings. The van der Waals surface area contributed by atoms with E-state index in [4.69, 9.17) is 9.47 Å². The summed E-state index contributed by atoms with van der Waals surface area (Å²) < 4.78 is 10.5. The number of anilines is 3. The van der Waals surface area contributed by atoms with Crippen molar-refractivity contribution in [1.82, 2.24) is 0 Å². The number of amides is 3. The summed E-state index contributed by atoms with van der Waals surface area (Å²) in [6.07, 6.45) is 0. The zero-order chi connectivity index (χ0) is 20.5. The molecule has 3 amide bonds. The highest BCUT2D eigenvalue weighted by atomic mass is 16.5. The number of carbonyl (C=O) groups is 2. The fourth-order valence-electron chi connectivity index (χ4n) is 2.51. The molecule has 0 atom stereocenters. The molecule has 0 aliphatic carbocycles. The molecule has 0 heterocycles. The van der Waals surface area contributed by atoms with Crippen molar-refractivity contribution in [3.63, 3.8) is 0 Å². The highest BCUT2D eigenvalue weighted by Gasteiger charge is 2.07. The zero-order valence-electron chi connectivity index (χ0n) is 15.8. The lowest BCUT2D eigenvalue weighted by Crippen LogP contribution is -2.21. The normalized spacial score (nSPS) is 9.97. The van der Waals surface area contributed by atoms with Crippen LogP contribution in [0.1, 0.15) is 0 Å². The van der Waals surface area contributed by atoms with Crippen LogP contribution >= 0.6 is 0 Å². The van der Waals surface area contributed by atoms with Crippen LogP contribution in [-0.2, 0) is 4.79 Å². The third kappa shape index (κ3) is 6.28. The lowest BCUT2D eigenvalue weighted by Gasteiger charge is -2.11. The lowest BCUT2D eigenvalue weighted by atomic mass is 10.2. The van der Waals surface area contributed by atoms with Crippen LogP contribution in [0.5, 0.6) is 11.5 Å². The number of hydrogen-bond donors (Lipinski definition) is 3. The maximum Gasteiger partial charge on any atom is 0.323 e. The van der Waals surface area contributed by atoms with E-state index in [9.17, 15) is 9.59 Å². The van der Waals surface area contributed by atoms with Crippen molar-refractivity contribution >= 4 is 29.0 Å². The quantitative estimate of drug-likeness (QED) is 0.558. The van der Waals surface area contributed by atoms with Crippen LogP contribution in [0.15, 0.2) is 78.9 Å². The standard InChI is InChI=1S/C22H21N3O4/c1-28-19-10-12-20(13-11-19)29-15-21(26)23-17-8-5-9-18(14-17)25-22(27)24-16-6-3-2-4-7-16/h2-14H,15H2,1H3,(H,23,26)(H2,24,25,27). The number of rotatable bonds is 7. The lowest BCUT2D eigenvalue weighted by molar-refractivity contribution is -0.118. The highest BCUT2D eigenvalue weighted by Crippen LogP contribution is 2.18. The van der Waals surface area contributed by atoms with E-state index in [1.54, 1.807) is 67.8 Å². The third-order valence-electron chi connectivity index (χ3n) is 3.87. The van der Waals surface area contributed by atoms with Crippen molar-refractivity contribution in [2.75, 3.05) is 29.7 Å². The zero-order valence-corrected chi connectivity index (χ0v) is 15.8. The highest BCUT2D eigenvalue weighted by molar-refractivity contribution is 6.00. The number of hydrogen-bond acceptors (Lipinski definition) is 4. The van der Waals surface area contributed by atoms with E-state index in [0.717, 1.165) is 0 Å². The topological polar surface area (TPSA) is 88.7 Å². The minimum absolute atomic E-state index is 0.140. The first-order chi connectivity index (χ1) is 14.1. The maximum atomic E-state index is 12.1.